The Morgan fingerprint density at radius 1 is 1.50 bits per heavy atom. The SMILES string of the molecule is Cn1cnc2cc(C3(C(=O)NN)CCC3)ccc21. The predicted octanol–water partition coefficient (Wildman–Crippen LogP) is 0.985. The Hall–Kier alpha value is -1.88. The van der Waals surface area contributed by atoms with E-state index >= 15 is 0 Å². The summed E-state index contributed by atoms with van der Waals surface area (Å²) in [5, 5.41) is 0. The summed E-state index contributed by atoms with van der Waals surface area (Å²) in [6, 6.07) is 6.03. The second-order valence-corrected chi connectivity index (χ2v) is 4.97. The van der Waals surface area contributed by atoms with E-state index in [0.717, 1.165) is 35.9 Å². The van der Waals surface area contributed by atoms with E-state index in [9.17, 15) is 4.79 Å². The largest absolute Gasteiger partial charge is 0.334 e. The molecular weight excluding hydrogens is 228 g/mol. The number of hydrazine groups is 1. The van der Waals surface area contributed by atoms with Crippen molar-refractivity contribution in [3.63, 3.8) is 0 Å². The number of amides is 1. The maximum absolute atomic E-state index is 12.0. The van der Waals surface area contributed by atoms with Crippen LogP contribution in [0, 0.1) is 0 Å². The average molecular weight is 244 g/mol. The second-order valence-electron chi connectivity index (χ2n) is 4.97. The Morgan fingerprint density at radius 3 is 2.89 bits per heavy atom. The van der Waals surface area contributed by atoms with Gasteiger partial charge in [-0.3, -0.25) is 10.2 Å². The summed E-state index contributed by atoms with van der Waals surface area (Å²) < 4.78 is 1.97. The molecule has 0 unspecified atom stereocenters. The molecule has 2 aromatic rings. The zero-order chi connectivity index (χ0) is 12.8. The molecule has 0 radical (unpaired) electrons. The third-order valence-corrected chi connectivity index (χ3v) is 4.05. The smallest absolute Gasteiger partial charge is 0.244 e. The van der Waals surface area contributed by atoms with Crippen LogP contribution in [0.2, 0.25) is 0 Å². The summed E-state index contributed by atoms with van der Waals surface area (Å²) in [6.45, 7) is 0. The van der Waals surface area contributed by atoms with Crippen molar-refractivity contribution < 1.29 is 4.79 Å². The number of hydrogen-bond donors (Lipinski definition) is 2. The predicted molar refractivity (Wildman–Crippen MR) is 68.6 cm³/mol. The van der Waals surface area contributed by atoms with Crippen LogP contribution >= 0.6 is 0 Å². The Morgan fingerprint density at radius 2 is 2.28 bits per heavy atom. The molecule has 1 aliphatic rings. The number of nitrogens with zero attached hydrogens (tertiary/aromatic N) is 2. The fraction of sp³-hybridized carbons (Fsp3) is 0.385. The summed E-state index contributed by atoms with van der Waals surface area (Å²) in [5.74, 6) is 5.21. The Balaban J connectivity index is 2.10. The van der Waals surface area contributed by atoms with E-state index in [0.29, 0.717) is 0 Å². The minimum Gasteiger partial charge on any atom is -0.334 e. The first-order valence-electron chi connectivity index (χ1n) is 6.10. The van der Waals surface area contributed by atoms with Crippen LogP contribution in [-0.2, 0) is 17.3 Å². The van der Waals surface area contributed by atoms with Gasteiger partial charge in [0.25, 0.3) is 0 Å². The minimum atomic E-state index is -0.444. The molecule has 1 aliphatic carbocycles. The zero-order valence-corrected chi connectivity index (χ0v) is 10.3. The molecule has 0 bridgehead atoms. The van der Waals surface area contributed by atoms with E-state index in [1.807, 2.05) is 29.8 Å². The van der Waals surface area contributed by atoms with Crippen LogP contribution in [0.1, 0.15) is 24.8 Å². The fourth-order valence-electron chi connectivity index (χ4n) is 2.75. The van der Waals surface area contributed by atoms with Crippen molar-refractivity contribution in [2.45, 2.75) is 24.7 Å². The Kier molecular flexibility index (Phi) is 2.38. The number of rotatable bonds is 2. The summed E-state index contributed by atoms with van der Waals surface area (Å²) in [6.07, 6.45) is 4.56. The lowest BCUT2D eigenvalue weighted by Crippen LogP contribution is -2.51. The molecule has 5 nitrogen and oxygen atoms in total. The molecule has 3 rings (SSSR count). The standard InChI is InChI=1S/C13H16N4O/c1-17-8-15-10-7-9(3-4-11(10)17)13(5-2-6-13)12(18)16-14/h3-4,7-8H,2,5-6,14H2,1H3,(H,16,18). The van der Waals surface area contributed by atoms with Gasteiger partial charge in [-0.05, 0) is 30.5 Å². The molecule has 1 aromatic heterocycles. The highest BCUT2D eigenvalue weighted by atomic mass is 16.2. The lowest BCUT2D eigenvalue weighted by Gasteiger charge is -2.40. The summed E-state index contributed by atoms with van der Waals surface area (Å²) in [5.41, 5.74) is 4.86. The third kappa shape index (κ3) is 1.37. The highest BCUT2D eigenvalue weighted by Gasteiger charge is 2.45. The summed E-state index contributed by atoms with van der Waals surface area (Å²) >= 11 is 0. The molecule has 3 N–H and O–H groups in total. The maximum atomic E-state index is 12.0. The molecule has 94 valence electrons. The number of imidazole rings is 1. The van der Waals surface area contributed by atoms with Gasteiger partial charge < -0.3 is 4.57 Å². The van der Waals surface area contributed by atoms with Gasteiger partial charge in [0, 0.05) is 7.05 Å². The molecule has 1 fully saturated rings. The van der Waals surface area contributed by atoms with Gasteiger partial charge >= 0.3 is 0 Å². The topological polar surface area (TPSA) is 72.9 Å². The Labute approximate surface area is 105 Å². The summed E-state index contributed by atoms with van der Waals surface area (Å²) in [7, 11) is 1.96. The van der Waals surface area contributed by atoms with Gasteiger partial charge in [-0.2, -0.15) is 0 Å². The molecule has 1 heterocycles. The molecule has 1 saturated carbocycles. The van der Waals surface area contributed by atoms with Crippen LogP contribution in [0.15, 0.2) is 24.5 Å². The van der Waals surface area contributed by atoms with Gasteiger partial charge in [0.2, 0.25) is 5.91 Å². The average Bonchev–Trinajstić information content (AvgIpc) is 2.69. The van der Waals surface area contributed by atoms with E-state index < -0.39 is 5.41 Å². The first-order valence-corrected chi connectivity index (χ1v) is 6.10. The van der Waals surface area contributed by atoms with Crippen LogP contribution < -0.4 is 11.3 Å². The van der Waals surface area contributed by atoms with Crippen LogP contribution in [0.25, 0.3) is 11.0 Å². The van der Waals surface area contributed by atoms with Crippen molar-refractivity contribution in [2.24, 2.45) is 12.9 Å². The van der Waals surface area contributed by atoms with Crippen LogP contribution in [0.3, 0.4) is 0 Å². The number of fused-ring (bicyclic) bond motifs is 1. The number of hydrogen-bond acceptors (Lipinski definition) is 3. The van der Waals surface area contributed by atoms with Crippen molar-refractivity contribution >= 4 is 16.9 Å². The van der Waals surface area contributed by atoms with Crippen molar-refractivity contribution in [1.29, 1.82) is 0 Å². The third-order valence-electron chi connectivity index (χ3n) is 4.05. The Bertz CT molecular complexity index is 612. The maximum Gasteiger partial charge on any atom is 0.244 e. The first kappa shape index (κ1) is 11.2. The van der Waals surface area contributed by atoms with Crippen LogP contribution in [0.5, 0.6) is 0 Å². The molecule has 0 spiro atoms. The van der Waals surface area contributed by atoms with Gasteiger partial charge in [-0.15, -0.1) is 0 Å². The quantitative estimate of drug-likeness (QED) is 0.470. The number of benzene rings is 1. The van der Waals surface area contributed by atoms with Crippen molar-refractivity contribution in [1.82, 2.24) is 15.0 Å². The number of carbonyl (C=O) groups excluding carboxylic acids is 1. The van der Waals surface area contributed by atoms with Crippen molar-refractivity contribution in [3.05, 3.63) is 30.1 Å². The number of carbonyl (C=O) groups is 1. The molecule has 0 atom stereocenters. The normalized spacial score (nSPS) is 17.4. The lowest BCUT2D eigenvalue weighted by atomic mass is 9.64. The van der Waals surface area contributed by atoms with Crippen LogP contribution in [-0.4, -0.2) is 15.5 Å². The van der Waals surface area contributed by atoms with E-state index in [4.69, 9.17) is 5.84 Å². The number of nitrogens with two attached hydrogens (primary N) is 1. The van der Waals surface area contributed by atoms with E-state index in [1.54, 1.807) is 6.33 Å². The van der Waals surface area contributed by atoms with Crippen molar-refractivity contribution in [2.75, 3.05) is 0 Å². The monoisotopic (exact) mass is 244 g/mol. The van der Waals surface area contributed by atoms with Crippen molar-refractivity contribution in [3.8, 4) is 0 Å². The molecule has 1 amide bonds. The van der Waals surface area contributed by atoms with E-state index in [-0.39, 0.29) is 5.91 Å². The summed E-state index contributed by atoms with van der Waals surface area (Å²) in [4.78, 5) is 16.3. The minimum absolute atomic E-state index is 0.0935. The highest BCUT2D eigenvalue weighted by molar-refractivity contribution is 5.90. The van der Waals surface area contributed by atoms with Gasteiger partial charge in [-0.1, -0.05) is 12.5 Å². The highest BCUT2D eigenvalue weighted by Crippen LogP contribution is 2.44. The fourth-order valence-corrected chi connectivity index (χ4v) is 2.75. The first-order chi connectivity index (χ1) is 8.67. The molecule has 18 heavy (non-hydrogen) atoms. The van der Waals surface area contributed by atoms with Gasteiger partial charge in [0.1, 0.15) is 0 Å². The second kappa shape index (κ2) is 3.81. The molecule has 0 aliphatic heterocycles. The molecular formula is C13H16N4O. The lowest BCUT2D eigenvalue weighted by molar-refractivity contribution is -0.130. The van der Waals surface area contributed by atoms with Gasteiger partial charge in [0.05, 0.1) is 22.8 Å². The molecule has 0 saturated heterocycles. The van der Waals surface area contributed by atoms with Gasteiger partial charge in [0.15, 0.2) is 0 Å². The molecule has 1 aromatic carbocycles. The number of nitrogens with one attached hydrogen (secondary N) is 1. The van der Waals surface area contributed by atoms with E-state index in [1.165, 1.54) is 0 Å². The van der Waals surface area contributed by atoms with E-state index in [2.05, 4.69) is 10.4 Å². The molecule has 5 heteroatoms. The number of aromatic nitrogens is 2. The van der Waals surface area contributed by atoms with Gasteiger partial charge in [-0.25, -0.2) is 10.8 Å². The number of aryl methyl sites for hydroxylation is 1. The zero-order valence-electron chi connectivity index (χ0n) is 10.3. The van der Waals surface area contributed by atoms with Crippen LogP contribution in [0.4, 0.5) is 0 Å².